The Kier molecular flexibility index (Phi) is 8.40. The quantitative estimate of drug-likeness (QED) is 0.342. The molecule has 1 unspecified atom stereocenters. The van der Waals surface area contributed by atoms with Crippen molar-refractivity contribution in [1.29, 1.82) is 0 Å². The van der Waals surface area contributed by atoms with Crippen LogP contribution in [0.2, 0.25) is 0 Å². The predicted octanol–water partition coefficient (Wildman–Crippen LogP) is 1.35. The van der Waals surface area contributed by atoms with Crippen LogP contribution in [0.1, 0.15) is 39.0 Å². The lowest BCUT2D eigenvalue weighted by Gasteiger charge is -2.19. The summed E-state index contributed by atoms with van der Waals surface area (Å²) in [5.74, 6) is 5.46. The Hall–Kier alpha value is -0.120. The van der Waals surface area contributed by atoms with Gasteiger partial charge in [0.2, 0.25) is 0 Å². The van der Waals surface area contributed by atoms with Crippen molar-refractivity contribution >= 4 is 0 Å². The van der Waals surface area contributed by atoms with Gasteiger partial charge in [-0.1, -0.05) is 32.6 Å². The van der Waals surface area contributed by atoms with Crippen molar-refractivity contribution in [2.75, 3.05) is 20.6 Å². The number of unbranched alkanes of at least 4 members (excludes halogenated alkanes) is 3. The lowest BCUT2D eigenvalue weighted by molar-refractivity contribution is 0.323. The van der Waals surface area contributed by atoms with Crippen LogP contribution < -0.4 is 11.3 Å². The first-order chi connectivity index (χ1) is 6.20. The van der Waals surface area contributed by atoms with Gasteiger partial charge in [0, 0.05) is 12.6 Å². The number of hydrogen-bond donors (Lipinski definition) is 2. The molecule has 0 aliphatic heterocycles. The molecule has 3 heteroatoms. The monoisotopic (exact) mass is 187 g/mol. The molecule has 3 nitrogen and oxygen atoms in total. The minimum atomic E-state index is 0.451. The van der Waals surface area contributed by atoms with Crippen LogP contribution in [0.5, 0.6) is 0 Å². The molecule has 0 spiro atoms. The fourth-order valence-corrected chi connectivity index (χ4v) is 1.49. The van der Waals surface area contributed by atoms with E-state index in [4.69, 9.17) is 5.84 Å². The minimum Gasteiger partial charge on any atom is -0.308 e. The first kappa shape index (κ1) is 12.9. The van der Waals surface area contributed by atoms with E-state index in [-0.39, 0.29) is 0 Å². The molecular weight excluding hydrogens is 162 g/mol. The van der Waals surface area contributed by atoms with Crippen LogP contribution in [0, 0.1) is 0 Å². The maximum absolute atomic E-state index is 5.46. The zero-order valence-electron chi connectivity index (χ0n) is 9.34. The molecule has 80 valence electrons. The van der Waals surface area contributed by atoms with Crippen molar-refractivity contribution in [2.24, 2.45) is 5.84 Å². The largest absolute Gasteiger partial charge is 0.308 e. The van der Waals surface area contributed by atoms with E-state index in [1.807, 2.05) is 0 Å². The van der Waals surface area contributed by atoms with Gasteiger partial charge >= 0.3 is 0 Å². The first-order valence-electron chi connectivity index (χ1n) is 5.31. The van der Waals surface area contributed by atoms with E-state index in [0.29, 0.717) is 6.04 Å². The second-order valence-electron chi connectivity index (χ2n) is 3.98. The van der Waals surface area contributed by atoms with E-state index >= 15 is 0 Å². The van der Waals surface area contributed by atoms with Gasteiger partial charge in [-0.05, 0) is 20.5 Å². The topological polar surface area (TPSA) is 41.3 Å². The standard InChI is InChI=1S/C10H25N3/c1-4-5-6-7-8-10(12-11)9-13(2)3/h10,12H,4-9,11H2,1-3H3. The third kappa shape index (κ3) is 8.22. The molecule has 0 saturated heterocycles. The molecule has 0 fully saturated rings. The molecule has 0 aromatic heterocycles. The molecule has 13 heavy (non-hydrogen) atoms. The summed E-state index contributed by atoms with van der Waals surface area (Å²) in [5.41, 5.74) is 2.87. The Morgan fingerprint density at radius 3 is 2.38 bits per heavy atom. The van der Waals surface area contributed by atoms with Gasteiger partial charge in [0.25, 0.3) is 0 Å². The zero-order chi connectivity index (χ0) is 10.1. The summed E-state index contributed by atoms with van der Waals surface area (Å²) >= 11 is 0. The molecule has 3 N–H and O–H groups in total. The summed E-state index contributed by atoms with van der Waals surface area (Å²) in [4.78, 5) is 2.17. The van der Waals surface area contributed by atoms with Crippen LogP contribution in [0.3, 0.4) is 0 Å². The maximum atomic E-state index is 5.46. The summed E-state index contributed by atoms with van der Waals surface area (Å²) in [5, 5.41) is 0. The highest BCUT2D eigenvalue weighted by Gasteiger charge is 2.06. The molecule has 0 aromatic rings. The smallest absolute Gasteiger partial charge is 0.0337 e. The summed E-state index contributed by atoms with van der Waals surface area (Å²) in [7, 11) is 4.16. The summed E-state index contributed by atoms with van der Waals surface area (Å²) in [6.07, 6.45) is 6.46. The molecule has 0 amide bonds. The molecular formula is C10H25N3. The number of hydrazine groups is 1. The van der Waals surface area contributed by atoms with Crippen LogP contribution >= 0.6 is 0 Å². The van der Waals surface area contributed by atoms with Gasteiger partial charge in [-0.15, -0.1) is 0 Å². The Labute approximate surface area is 82.6 Å². The van der Waals surface area contributed by atoms with Gasteiger partial charge in [-0.25, -0.2) is 0 Å². The zero-order valence-corrected chi connectivity index (χ0v) is 9.34. The predicted molar refractivity (Wildman–Crippen MR) is 58.4 cm³/mol. The summed E-state index contributed by atoms with van der Waals surface area (Å²) in [6.45, 7) is 3.26. The van der Waals surface area contributed by atoms with Crippen molar-refractivity contribution in [1.82, 2.24) is 10.3 Å². The third-order valence-corrected chi connectivity index (χ3v) is 2.23. The van der Waals surface area contributed by atoms with Crippen LogP contribution in [-0.4, -0.2) is 31.6 Å². The van der Waals surface area contributed by atoms with Crippen molar-refractivity contribution in [2.45, 2.75) is 45.1 Å². The second-order valence-corrected chi connectivity index (χ2v) is 3.98. The van der Waals surface area contributed by atoms with Crippen LogP contribution in [0.15, 0.2) is 0 Å². The molecule has 0 saturated carbocycles. The second kappa shape index (κ2) is 8.48. The van der Waals surface area contributed by atoms with E-state index in [1.165, 1.54) is 32.1 Å². The minimum absolute atomic E-state index is 0.451. The first-order valence-corrected chi connectivity index (χ1v) is 5.31. The summed E-state index contributed by atoms with van der Waals surface area (Å²) < 4.78 is 0. The number of nitrogens with one attached hydrogen (secondary N) is 1. The fourth-order valence-electron chi connectivity index (χ4n) is 1.49. The van der Waals surface area contributed by atoms with E-state index in [0.717, 1.165) is 6.54 Å². The summed E-state index contributed by atoms with van der Waals surface area (Å²) in [6, 6.07) is 0.451. The van der Waals surface area contributed by atoms with Gasteiger partial charge in [0.05, 0.1) is 0 Å². The molecule has 0 aliphatic rings. The molecule has 0 heterocycles. The number of rotatable bonds is 8. The van der Waals surface area contributed by atoms with E-state index in [9.17, 15) is 0 Å². The molecule has 1 atom stereocenters. The Morgan fingerprint density at radius 1 is 1.23 bits per heavy atom. The van der Waals surface area contributed by atoms with E-state index < -0.39 is 0 Å². The number of nitrogens with two attached hydrogens (primary N) is 1. The number of hydrogen-bond acceptors (Lipinski definition) is 3. The molecule has 0 aliphatic carbocycles. The van der Waals surface area contributed by atoms with Gasteiger partial charge in [0.1, 0.15) is 0 Å². The van der Waals surface area contributed by atoms with E-state index in [1.54, 1.807) is 0 Å². The highest BCUT2D eigenvalue weighted by Crippen LogP contribution is 2.05. The van der Waals surface area contributed by atoms with E-state index in [2.05, 4.69) is 31.3 Å². The van der Waals surface area contributed by atoms with Crippen molar-refractivity contribution in [3.05, 3.63) is 0 Å². The number of nitrogens with zero attached hydrogens (tertiary/aromatic N) is 1. The van der Waals surface area contributed by atoms with Crippen molar-refractivity contribution < 1.29 is 0 Å². The number of likely N-dealkylation sites (N-methyl/N-ethyl adjacent to an activating group) is 1. The fraction of sp³-hybridized carbons (Fsp3) is 1.00. The van der Waals surface area contributed by atoms with Crippen molar-refractivity contribution in [3.8, 4) is 0 Å². The van der Waals surface area contributed by atoms with Gasteiger partial charge in [-0.3, -0.25) is 11.3 Å². The highest BCUT2D eigenvalue weighted by atomic mass is 15.3. The lowest BCUT2D eigenvalue weighted by Crippen LogP contribution is -2.42. The SMILES string of the molecule is CCCCCCC(CN(C)C)NN. The Bertz CT molecular complexity index is 104. The normalized spacial score (nSPS) is 13.6. The average molecular weight is 187 g/mol. The maximum Gasteiger partial charge on any atom is 0.0337 e. The van der Waals surface area contributed by atoms with Gasteiger partial charge in [0.15, 0.2) is 0 Å². The van der Waals surface area contributed by atoms with Gasteiger partial charge in [-0.2, -0.15) is 0 Å². The Morgan fingerprint density at radius 2 is 1.92 bits per heavy atom. The van der Waals surface area contributed by atoms with Crippen LogP contribution in [0.4, 0.5) is 0 Å². The molecule has 0 aromatic carbocycles. The van der Waals surface area contributed by atoms with Crippen LogP contribution in [-0.2, 0) is 0 Å². The lowest BCUT2D eigenvalue weighted by atomic mass is 10.1. The third-order valence-electron chi connectivity index (χ3n) is 2.23. The molecule has 0 rings (SSSR count). The average Bonchev–Trinajstić information content (AvgIpc) is 2.09. The van der Waals surface area contributed by atoms with Crippen LogP contribution in [0.25, 0.3) is 0 Å². The van der Waals surface area contributed by atoms with Crippen molar-refractivity contribution in [3.63, 3.8) is 0 Å². The van der Waals surface area contributed by atoms with Gasteiger partial charge < -0.3 is 4.90 Å². The molecule has 0 bridgehead atoms. The highest BCUT2D eigenvalue weighted by molar-refractivity contribution is 4.66. The Balaban J connectivity index is 3.36. The molecule has 0 radical (unpaired) electrons.